The lowest BCUT2D eigenvalue weighted by atomic mass is 10.2. The molecule has 3 rings (SSSR count). The first-order valence-corrected chi connectivity index (χ1v) is 11.6. The van der Waals surface area contributed by atoms with E-state index in [-0.39, 0.29) is 33.5 Å². The molecule has 0 atom stereocenters. The monoisotopic (exact) mass is 486 g/mol. The molecule has 180 valence electrons. The van der Waals surface area contributed by atoms with E-state index in [1.807, 2.05) is 0 Å². The van der Waals surface area contributed by atoms with Crippen LogP contribution in [0.15, 0.2) is 70.5 Å². The van der Waals surface area contributed by atoms with Gasteiger partial charge in [0.1, 0.15) is 4.90 Å². The minimum absolute atomic E-state index is 0.0386. The van der Waals surface area contributed by atoms with Crippen LogP contribution in [0.5, 0.6) is 23.0 Å². The van der Waals surface area contributed by atoms with Gasteiger partial charge in [-0.25, -0.2) is 8.42 Å². The molecule has 0 aliphatic carbocycles. The second-order valence-electron chi connectivity index (χ2n) is 6.97. The molecule has 0 fully saturated rings. The first-order chi connectivity index (χ1) is 16.3. The number of rotatable bonds is 10. The van der Waals surface area contributed by atoms with Gasteiger partial charge in [-0.05, 0) is 36.4 Å². The fourth-order valence-corrected chi connectivity index (χ4v) is 4.93. The third-order valence-electron chi connectivity index (χ3n) is 4.93. The maximum atomic E-state index is 13.5. The molecule has 0 aliphatic heterocycles. The highest BCUT2D eigenvalue weighted by molar-refractivity contribution is 7.91. The number of anilines is 2. The van der Waals surface area contributed by atoms with Crippen molar-refractivity contribution in [2.75, 3.05) is 45.6 Å². The molecule has 0 bridgehead atoms. The van der Waals surface area contributed by atoms with Crippen molar-refractivity contribution in [1.82, 2.24) is 0 Å². The maximum absolute atomic E-state index is 13.5. The van der Waals surface area contributed by atoms with E-state index in [4.69, 9.17) is 18.9 Å². The van der Waals surface area contributed by atoms with Gasteiger partial charge in [0.2, 0.25) is 15.7 Å². The largest absolute Gasteiger partial charge is 0.493 e. The van der Waals surface area contributed by atoms with Gasteiger partial charge in [0.25, 0.3) is 0 Å². The highest BCUT2D eigenvalue weighted by Crippen LogP contribution is 2.42. The van der Waals surface area contributed by atoms with E-state index >= 15 is 0 Å². The highest BCUT2D eigenvalue weighted by atomic mass is 32.2. The van der Waals surface area contributed by atoms with Crippen LogP contribution < -0.4 is 29.6 Å². The average molecular weight is 487 g/mol. The molecule has 0 saturated carbocycles. The SMILES string of the molecule is COc1ccc(NC(=O)CNc2ccc(OC)c(OC)c2S(=O)(=O)c2ccccc2)cc1OC. The Balaban J connectivity index is 1.90. The normalized spacial score (nSPS) is 10.8. The van der Waals surface area contributed by atoms with Gasteiger partial charge in [-0.2, -0.15) is 0 Å². The van der Waals surface area contributed by atoms with Crippen LogP contribution in [0.4, 0.5) is 11.4 Å². The van der Waals surface area contributed by atoms with E-state index in [1.54, 1.807) is 42.5 Å². The number of methoxy groups -OCH3 is 4. The van der Waals surface area contributed by atoms with E-state index in [0.29, 0.717) is 17.2 Å². The molecule has 0 aliphatic rings. The van der Waals surface area contributed by atoms with Gasteiger partial charge in [0.05, 0.1) is 45.6 Å². The van der Waals surface area contributed by atoms with Crippen molar-refractivity contribution in [3.8, 4) is 23.0 Å². The van der Waals surface area contributed by atoms with Crippen LogP contribution in [0.1, 0.15) is 0 Å². The first kappa shape index (κ1) is 24.7. The van der Waals surface area contributed by atoms with Gasteiger partial charge in [-0.15, -0.1) is 0 Å². The van der Waals surface area contributed by atoms with Crippen LogP contribution >= 0.6 is 0 Å². The van der Waals surface area contributed by atoms with Gasteiger partial charge in [-0.1, -0.05) is 18.2 Å². The predicted molar refractivity (Wildman–Crippen MR) is 128 cm³/mol. The summed E-state index contributed by atoms with van der Waals surface area (Å²) < 4.78 is 48.1. The molecule has 34 heavy (non-hydrogen) atoms. The topological polar surface area (TPSA) is 112 Å². The summed E-state index contributed by atoms with van der Waals surface area (Å²) in [4.78, 5) is 12.6. The van der Waals surface area contributed by atoms with Gasteiger partial charge in [0.15, 0.2) is 23.0 Å². The van der Waals surface area contributed by atoms with E-state index < -0.39 is 15.7 Å². The van der Waals surface area contributed by atoms with Crippen molar-refractivity contribution in [2.45, 2.75) is 9.79 Å². The Morgan fingerprint density at radius 2 is 1.44 bits per heavy atom. The van der Waals surface area contributed by atoms with Crippen LogP contribution in [0.3, 0.4) is 0 Å². The lowest BCUT2D eigenvalue weighted by Gasteiger charge is -2.18. The molecule has 2 N–H and O–H groups in total. The number of hydrogen-bond acceptors (Lipinski definition) is 8. The standard InChI is InChI=1S/C24H26N2O7S/c1-30-19-12-10-16(14-21(19)32-3)26-22(27)15-25-18-11-13-20(31-2)23(33-4)24(18)34(28,29)17-8-6-5-7-9-17/h5-14,25H,15H2,1-4H3,(H,26,27). The molecular formula is C24H26N2O7S. The number of hydrogen-bond donors (Lipinski definition) is 2. The third kappa shape index (κ3) is 5.18. The van der Waals surface area contributed by atoms with E-state index in [1.165, 1.54) is 46.6 Å². The smallest absolute Gasteiger partial charge is 0.243 e. The van der Waals surface area contributed by atoms with Crippen molar-refractivity contribution < 1.29 is 32.2 Å². The quantitative estimate of drug-likeness (QED) is 0.447. The summed E-state index contributed by atoms with van der Waals surface area (Å²) in [5, 5.41) is 5.64. The zero-order valence-electron chi connectivity index (χ0n) is 19.2. The minimum Gasteiger partial charge on any atom is -0.493 e. The summed E-state index contributed by atoms with van der Waals surface area (Å²) in [6.07, 6.45) is 0. The lowest BCUT2D eigenvalue weighted by molar-refractivity contribution is -0.114. The van der Waals surface area contributed by atoms with Gasteiger partial charge in [0, 0.05) is 11.8 Å². The van der Waals surface area contributed by atoms with Crippen molar-refractivity contribution in [3.05, 3.63) is 60.7 Å². The molecule has 0 radical (unpaired) electrons. The summed E-state index contributed by atoms with van der Waals surface area (Å²) in [6, 6.07) is 16.0. The molecule has 1 amide bonds. The second kappa shape index (κ2) is 10.8. The number of carbonyl (C=O) groups excluding carboxylic acids is 1. The summed E-state index contributed by atoms with van der Waals surface area (Å²) in [5.41, 5.74) is 0.692. The van der Waals surface area contributed by atoms with Crippen molar-refractivity contribution in [2.24, 2.45) is 0 Å². The zero-order chi connectivity index (χ0) is 24.7. The van der Waals surface area contributed by atoms with Crippen LogP contribution in [-0.2, 0) is 14.6 Å². The first-order valence-electron chi connectivity index (χ1n) is 10.2. The van der Waals surface area contributed by atoms with Crippen LogP contribution in [0.25, 0.3) is 0 Å². The Labute approximate surface area is 198 Å². The summed E-state index contributed by atoms with van der Waals surface area (Å²) in [5.74, 6) is 0.878. The van der Waals surface area contributed by atoms with Crippen molar-refractivity contribution in [1.29, 1.82) is 0 Å². The molecule has 0 aromatic heterocycles. The predicted octanol–water partition coefficient (Wildman–Crippen LogP) is 3.60. The number of carbonyl (C=O) groups is 1. The van der Waals surface area contributed by atoms with E-state index in [0.717, 1.165) is 0 Å². The summed E-state index contributed by atoms with van der Waals surface area (Å²) >= 11 is 0. The third-order valence-corrected chi connectivity index (χ3v) is 6.76. The fourth-order valence-electron chi connectivity index (χ4n) is 3.32. The van der Waals surface area contributed by atoms with Crippen LogP contribution in [0.2, 0.25) is 0 Å². The van der Waals surface area contributed by atoms with Crippen LogP contribution in [0, 0.1) is 0 Å². The Morgan fingerprint density at radius 1 is 0.794 bits per heavy atom. The highest BCUT2D eigenvalue weighted by Gasteiger charge is 2.29. The summed E-state index contributed by atoms with van der Waals surface area (Å²) in [7, 11) is 1.79. The van der Waals surface area contributed by atoms with Gasteiger partial charge < -0.3 is 29.6 Å². The Hall–Kier alpha value is -3.92. The molecule has 3 aromatic rings. The van der Waals surface area contributed by atoms with Crippen molar-refractivity contribution in [3.63, 3.8) is 0 Å². The molecule has 3 aromatic carbocycles. The fraction of sp³-hybridized carbons (Fsp3) is 0.208. The van der Waals surface area contributed by atoms with Gasteiger partial charge in [-0.3, -0.25) is 4.79 Å². The van der Waals surface area contributed by atoms with Gasteiger partial charge >= 0.3 is 0 Å². The Kier molecular flexibility index (Phi) is 7.85. The number of sulfone groups is 1. The number of ether oxygens (including phenoxy) is 4. The Bertz CT molecular complexity index is 1260. The molecule has 0 saturated heterocycles. The zero-order valence-corrected chi connectivity index (χ0v) is 20.1. The number of nitrogens with one attached hydrogen (secondary N) is 2. The van der Waals surface area contributed by atoms with Crippen molar-refractivity contribution >= 4 is 27.1 Å². The van der Waals surface area contributed by atoms with E-state index in [2.05, 4.69) is 10.6 Å². The summed E-state index contributed by atoms with van der Waals surface area (Å²) in [6.45, 7) is -0.207. The average Bonchev–Trinajstić information content (AvgIpc) is 2.87. The molecular weight excluding hydrogens is 460 g/mol. The molecule has 0 heterocycles. The second-order valence-corrected chi connectivity index (χ2v) is 8.85. The molecule has 0 unspecified atom stereocenters. The number of amides is 1. The maximum Gasteiger partial charge on any atom is 0.243 e. The number of benzene rings is 3. The minimum atomic E-state index is -4.00. The van der Waals surface area contributed by atoms with E-state index in [9.17, 15) is 13.2 Å². The Morgan fingerprint density at radius 3 is 2.06 bits per heavy atom. The molecule has 10 heteroatoms. The molecule has 9 nitrogen and oxygen atoms in total. The molecule has 0 spiro atoms. The lowest BCUT2D eigenvalue weighted by Crippen LogP contribution is -2.23. The van der Waals surface area contributed by atoms with Crippen LogP contribution in [-0.4, -0.2) is 49.3 Å².